The van der Waals surface area contributed by atoms with Crippen LogP contribution in [0.15, 0.2) is 30.3 Å². The molecule has 3 nitrogen and oxygen atoms in total. The first-order valence-corrected chi connectivity index (χ1v) is 6.51. The second-order valence-corrected chi connectivity index (χ2v) is 4.90. The molecule has 0 saturated carbocycles. The van der Waals surface area contributed by atoms with E-state index in [0.29, 0.717) is 18.5 Å². The minimum Gasteiger partial charge on any atom is -0.355 e. The molecule has 0 radical (unpaired) electrons. The highest BCUT2D eigenvalue weighted by Gasteiger charge is 2.14. The average Bonchev–Trinajstić information content (AvgIpc) is 2.39. The van der Waals surface area contributed by atoms with Gasteiger partial charge in [-0.15, -0.1) is 0 Å². The van der Waals surface area contributed by atoms with Crippen molar-refractivity contribution in [2.45, 2.75) is 32.6 Å². The standard InChI is InChI=1S/C15H25NO2/c1-12(2)10-14(13-8-6-5-7-9-13)16-11-15(17-3)18-4/h5-9,12,14-16H,10-11H2,1-4H3. The molecule has 18 heavy (non-hydrogen) atoms. The molecule has 0 aliphatic carbocycles. The molecule has 0 spiro atoms. The molecule has 0 aliphatic heterocycles. The number of rotatable bonds is 8. The summed E-state index contributed by atoms with van der Waals surface area (Å²) >= 11 is 0. The van der Waals surface area contributed by atoms with Gasteiger partial charge in [-0.2, -0.15) is 0 Å². The van der Waals surface area contributed by atoms with Gasteiger partial charge in [0.15, 0.2) is 6.29 Å². The van der Waals surface area contributed by atoms with Crippen molar-refractivity contribution in [3.63, 3.8) is 0 Å². The Bertz CT molecular complexity index is 310. The van der Waals surface area contributed by atoms with Gasteiger partial charge in [-0.05, 0) is 17.9 Å². The summed E-state index contributed by atoms with van der Waals surface area (Å²) in [4.78, 5) is 0. The van der Waals surface area contributed by atoms with Gasteiger partial charge < -0.3 is 14.8 Å². The SMILES string of the molecule is COC(CNC(CC(C)C)c1ccccc1)OC. The maximum Gasteiger partial charge on any atom is 0.169 e. The molecule has 1 rings (SSSR count). The lowest BCUT2D eigenvalue weighted by atomic mass is 9.97. The third kappa shape index (κ3) is 5.17. The van der Waals surface area contributed by atoms with Gasteiger partial charge in [-0.25, -0.2) is 0 Å². The van der Waals surface area contributed by atoms with E-state index in [0.717, 1.165) is 6.42 Å². The summed E-state index contributed by atoms with van der Waals surface area (Å²) in [6.45, 7) is 5.17. The number of benzene rings is 1. The molecule has 0 fully saturated rings. The molecule has 1 unspecified atom stereocenters. The Balaban J connectivity index is 2.62. The van der Waals surface area contributed by atoms with Crippen LogP contribution in [-0.2, 0) is 9.47 Å². The van der Waals surface area contributed by atoms with Crippen LogP contribution in [0.4, 0.5) is 0 Å². The molecule has 1 aromatic carbocycles. The number of ether oxygens (including phenoxy) is 2. The number of hydrogen-bond acceptors (Lipinski definition) is 3. The molecule has 1 N–H and O–H groups in total. The zero-order valence-corrected chi connectivity index (χ0v) is 11.8. The van der Waals surface area contributed by atoms with Crippen LogP contribution in [0.5, 0.6) is 0 Å². The molecule has 3 heteroatoms. The number of hydrogen-bond donors (Lipinski definition) is 1. The predicted molar refractivity (Wildman–Crippen MR) is 74.4 cm³/mol. The molecule has 0 aromatic heterocycles. The van der Waals surface area contributed by atoms with E-state index in [1.807, 2.05) is 6.07 Å². The van der Waals surface area contributed by atoms with Crippen molar-refractivity contribution >= 4 is 0 Å². The third-order valence-electron chi connectivity index (χ3n) is 2.97. The molecule has 0 saturated heterocycles. The Kier molecular flexibility index (Phi) is 6.94. The van der Waals surface area contributed by atoms with Crippen LogP contribution in [-0.4, -0.2) is 27.1 Å². The van der Waals surface area contributed by atoms with Crippen LogP contribution >= 0.6 is 0 Å². The molecular formula is C15H25NO2. The molecule has 0 aliphatic rings. The monoisotopic (exact) mass is 251 g/mol. The Morgan fingerprint density at radius 2 is 1.67 bits per heavy atom. The summed E-state index contributed by atoms with van der Waals surface area (Å²) in [5, 5.41) is 3.52. The van der Waals surface area contributed by atoms with Gasteiger partial charge in [0, 0.05) is 26.8 Å². The van der Waals surface area contributed by atoms with Crippen molar-refractivity contribution < 1.29 is 9.47 Å². The lowest BCUT2D eigenvalue weighted by Crippen LogP contribution is -2.33. The second kappa shape index (κ2) is 8.25. The lowest BCUT2D eigenvalue weighted by molar-refractivity contribution is -0.100. The van der Waals surface area contributed by atoms with Gasteiger partial charge in [-0.3, -0.25) is 0 Å². The van der Waals surface area contributed by atoms with Crippen LogP contribution < -0.4 is 5.32 Å². The first-order valence-electron chi connectivity index (χ1n) is 6.51. The topological polar surface area (TPSA) is 30.5 Å². The highest BCUT2D eigenvalue weighted by molar-refractivity contribution is 5.18. The second-order valence-electron chi connectivity index (χ2n) is 4.90. The highest BCUT2D eigenvalue weighted by Crippen LogP contribution is 2.20. The van der Waals surface area contributed by atoms with Crippen molar-refractivity contribution in [1.29, 1.82) is 0 Å². The Morgan fingerprint density at radius 3 is 2.17 bits per heavy atom. The summed E-state index contributed by atoms with van der Waals surface area (Å²) < 4.78 is 10.4. The predicted octanol–water partition coefficient (Wildman–Crippen LogP) is 2.98. The maximum atomic E-state index is 5.21. The summed E-state index contributed by atoms with van der Waals surface area (Å²) in [5.41, 5.74) is 1.32. The zero-order valence-electron chi connectivity index (χ0n) is 11.8. The fourth-order valence-corrected chi connectivity index (χ4v) is 2.00. The van der Waals surface area contributed by atoms with Crippen LogP contribution in [0.1, 0.15) is 31.9 Å². The van der Waals surface area contributed by atoms with Gasteiger partial charge in [-0.1, -0.05) is 44.2 Å². The summed E-state index contributed by atoms with van der Waals surface area (Å²) in [7, 11) is 3.33. The molecule has 102 valence electrons. The van der Waals surface area contributed by atoms with Gasteiger partial charge in [0.2, 0.25) is 0 Å². The van der Waals surface area contributed by atoms with E-state index in [1.54, 1.807) is 14.2 Å². The fourth-order valence-electron chi connectivity index (χ4n) is 2.00. The minimum atomic E-state index is -0.191. The van der Waals surface area contributed by atoms with E-state index < -0.39 is 0 Å². The molecular weight excluding hydrogens is 226 g/mol. The molecule has 0 amide bonds. The van der Waals surface area contributed by atoms with E-state index in [2.05, 4.69) is 43.4 Å². The summed E-state index contributed by atoms with van der Waals surface area (Å²) in [6.07, 6.45) is 0.910. The van der Waals surface area contributed by atoms with E-state index in [1.165, 1.54) is 5.56 Å². The third-order valence-corrected chi connectivity index (χ3v) is 2.97. The Morgan fingerprint density at radius 1 is 1.06 bits per heavy atom. The summed E-state index contributed by atoms with van der Waals surface area (Å²) in [5.74, 6) is 0.645. The maximum absolute atomic E-state index is 5.21. The number of methoxy groups -OCH3 is 2. The number of nitrogens with one attached hydrogen (secondary N) is 1. The average molecular weight is 251 g/mol. The van der Waals surface area contributed by atoms with Crippen molar-refractivity contribution in [2.75, 3.05) is 20.8 Å². The van der Waals surface area contributed by atoms with Crippen molar-refractivity contribution in [3.8, 4) is 0 Å². The van der Waals surface area contributed by atoms with E-state index in [-0.39, 0.29) is 6.29 Å². The normalized spacial score (nSPS) is 13.2. The van der Waals surface area contributed by atoms with E-state index in [9.17, 15) is 0 Å². The fraction of sp³-hybridized carbons (Fsp3) is 0.600. The first kappa shape index (κ1) is 15.2. The van der Waals surface area contributed by atoms with E-state index >= 15 is 0 Å². The van der Waals surface area contributed by atoms with Crippen LogP contribution in [0.2, 0.25) is 0 Å². The van der Waals surface area contributed by atoms with E-state index in [4.69, 9.17) is 9.47 Å². The largest absolute Gasteiger partial charge is 0.355 e. The van der Waals surface area contributed by atoms with Crippen molar-refractivity contribution in [3.05, 3.63) is 35.9 Å². The van der Waals surface area contributed by atoms with Gasteiger partial charge >= 0.3 is 0 Å². The van der Waals surface area contributed by atoms with Crippen molar-refractivity contribution in [1.82, 2.24) is 5.32 Å². The van der Waals surface area contributed by atoms with Gasteiger partial charge in [0.05, 0.1) is 0 Å². The molecule has 0 bridgehead atoms. The summed E-state index contributed by atoms with van der Waals surface area (Å²) in [6, 6.07) is 10.9. The molecule has 1 aromatic rings. The van der Waals surface area contributed by atoms with Gasteiger partial charge in [0.25, 0.3) is 0 Å². The molecule has 1 atom stereocenters. The zero-order chi connectivity index (χ0) is 13.4. The van der Waals surface area contributed by atoms with Crippen LogP contribution in [0.3, 0.4) is 0 Å². The highest BCUT2D eigenvalue weighted by atomic mass is 16.7. The minimum absolute atomic E-state index is 0.191. The quantitative estimate of drug-likeness (QED) is 0.721. The van der Waals surface area contributed by atoms with Crippen LogP contribution in [0.25, 0.3) is 0 Å². The van der Waals surface area contributed by atoms with Gasteiger partial charge in [0.1, 0.15) is 0 Å². The van der Waals surface area contributed by atoms with Crippen molar-refractivity contribution in [2.24, 2.45) is 5.92 Å². The Labute approximate surface area is 110 Å². The smallest absolute Gasteiger partial charge is 0.169 e. The first-order chi connectivity index (χ1) is 8.67. The Hall–Kier alpha value is -0.900. The molecule has 0 heterocycles. The lowest BCUT2D eigenvalue weighted by Gasteiger charge is -2.23. The van der Waals surface area contributed by atoms with Crippen LogP contribution in [0, 0.1) is 5.92 Å².